The molecular weight excluding hydrogens is 296 g/mol. The number of hydrogen-bond acceptors (Lipinski definition) is 4. The molecule has 0 aliphatic heterocycles. The number of nitrogens with zero attached hydrogens (tertiary/aromatic N) is 1. The van der Waals surface area contributed by atoms with Gasteiger partial charge in [-0.15, -0.1) is 0 Å². The maximum absolute atomic E-state index is 12.1. The molecule has 0 aromatic carbocycles. The first-order valence-electron chi connectivity index (χ1n) is 6.80. The van der Waals surface area contributed by atoms with Gasteiger partial charge in [0.1, 0.15) is 10.6 Å². The highest BCUT2D eigenvalue weighted by molar-refractivity contribution is 7.89. The highest BCUT2D eigenvalue weighted by Gasteiger charge is 2.23. The number of aliphatic hydroxyl groups excluding tert-OH is 1. The van der Waals surface area contributed by atoms with E-state index in [0.29, 0.717) is 0 Å². The number of carbonyl (C=O) groups is 1. The van der Waals surface area contributed by atoms with Gasteiger partial charge < -0.3 is 14.8 Å². The summed E-state index contributed by atoms with van der Waals surface area (Å²) in [4.78, 5) is 10.8. The molecule has 1 rings (SSSR count). The quantitative estimate of drug-likeness (QED) is 0.657. The fourth-order valence-corrected chi connectivity index (χ4v) is 3.29. The van der Waals surface area contributed by atoms with Gasteiger partial charge in [-0.2, -0.15) is 0 Å². The number of rotatable bonds is 8. The lowest BCUT2D eigenvalue weighted by Crippen LogP contribution is -2.36. The van der Waals surface area contributed by atoms with Crippen molar-refractivity contribution >= 4 is 16.0 Å². The molecule has 0 saturated carbocycles. The van der Waals surface area contributed by atoms with Crippen LogP contribution in [0.4, 0.5) is 0 Å². The van der Waals surface area contributed by atoms with E-state index in [2.05, 4.69) is 4.72 Å². The Morgan fingerprint density at radius 3 is 2.38 bits per heavy atom. The second kappa shape index (κ2) is 7.06. The van der Waals surface area contributed by atoms with Gasteiger partial charge in [0.05, 0.1) is 6.10 Å². The topological polar surface area (TPSA) is 109 Å². The van der Waals surface area contributed by atoms with E-state index in [9.17, 15) is 18.3 Å². The van der Waals surface area contributed by atoms with Crippen molar-refractivity contribution in [3.05, 3.63) is 18.0 Å². The average Bonchev–Trinajstić information content (AvgIpc) is 2.81. The number of sulfonamides is 1. The van der Waals surface area contributed by atoms with Crippen LogP contribution in [-0.2, 0) is 17.1 Å². The normalized spacial score (nSPS) is 13.6. The molecule has 0 aliphatic rings. The van der Waals surface area contributed by atoms with E-state index >= 15 is 0 Å². The minimum atomic E-state index is -3.83. The molecule has 1 heterocycles. The first-order chi connectivity index (χ1) is 9.72. The molecule has 0 bridgehead atoms. The third-order valence-corrected chi connectivity index (χ3v) is 4.98. The van der Waals surface area contributed by atoms with E-state index in [0.717, 1.165) is 18.9 Å². The first-order valence-corrected chi connectivity index (χ1v) is 8.28. The molecule has 120 valence electrons. The lowest BCUT2D eigenvalue weighted by Gasteiger charge is -2.20. The molecular formula is C13H22N2O5S. The van der Waals surface area contributed by atoms with Gasteiger partial charge in [0, 0.05) is 19.8 Å². The van der Waals surface area contributed by atoms with E-state index in [1.165, 1.54) is 17.8 Å². The molecule has 1 aromatic rings. The van der Waals surface area contributed by atoms with Crippen LogP contribution in [0.25, 0.3) is 0 Å². The van der Waals surface area contributed by atoms with Crippen LogP contribution in [0.3, 0.4) is 0 Å². The van der Waals surface area contributed by atoms with E-state index in [1.807, 2.05) is 13.8 Å². The van der Waals surface area contributed by atoms with Crippen LogP contribution in [-0.4, -0.2) is 41.8 Å². The Labute approximate surface area is 124 Å². The van der Waals surface area contributed by atoms with E-state index < -0.39 is 22.1 Å². The van der Waals surface area contributed by atoms with Crippen molar-refractivity contribution in [3.63, 3.8) is 0 Å². The number of hydrogen-bond donors (Lipinski definition) is 3. The first kappa shape index (κ1) is 17.7. The number of carboxylic acid groups (broad SMARTS) is 1. The lowest BCUT2D eigenvalue weighted by atomic mass is 9.97. The van der Waals surface area contributed by atoms with Gasteiger partial charge in [0.25, 0.3) is 0 Å². The standard InChI is InChI=1S/C13H22N2O5S/c1-4-9(5-2)12(16)7-14-21(19,20)10-6-11(13(17)18)15(3)8-10/h6,8-9,12,14,16H,4-5,7H2,1-3H3,(H,17,18). The van der Waals surface area contributed by atoms with Gasteiger partial charge in [0.15, 0.2) is 0 Å². The number of aryl methyl sites for hydroxylation is 1. The summed E-state index contributed by atoms with van der Waals surface area (Å²) in [6, 6.07) is 1.09. The summed E-state index contributed by atoms with van der Waals surface area (Å²) in [5.41, 5.74) is -0.115. The predicted octanol–water partition coefficient (Wildman–Crippen LogP) is 0.799. The Morgan fingerprint density at radius 2 is 1.95 bits per heavy atom. The number of carboxylic acids is 1. The van der Waals surface area contributed by atoms with Crippen LogP contribution in [0.1, 0.15) is 37.2 Å². The van der Waals surface area contributed by atoms with Crippen molar-refractivity contribution < 1.29 is 23.4 Å². The highest BCUT2D eigenvalue weighted by atomic mass is 32.2. The van der Waals surface area contributed by atoms with Crippen molar-refractivity contribution in [2.75, 3.05) is 6.54 Å². The average molecular weight is 318 g/mol. The van der Waals surface area contributed by atoms with Crippen molar-refractivity contribution in [1.82, 2.24) is 9.29 Å². The monoisotopic (exact) mass is 318 g/mol. The Kier molecular flexibility index (Phi) is 5.94. The number of aliphatic hydroxyl groups is 1. The Morgan fingerprint density at radius 1 is 1.38 bits per heavy atom. The van der Waals surface area contributed by atoms with Crippen LogP contribution >= 0.6 is 0 Å². The summed E-state index contributed by atoms with van der Waals surface area (Å²) >= 11 is 0. The third kappa shape index (κ3) is 4.29. The molecule has 1 unspecified atom stereocenters. The maximum Gasteiger partial charge on any atom is 0.352 e. The molecule has 0 radical (unpaired) electrons. The maximum atomic E-state index is 12.1. The summed E-state index contributed by atoms with van der Waals surface area (Å²) in [6.07, 6.45) is 1.98. The molecule has 0 spiro atoms. The van der Waals surface area contributed by atoms with E-state index in [-0.39, 0.29) is 23.1 Å². The van der Waals surface area contributed by atoms with Crippen LogP contribution in [0.2, 0.25) is 0 Å². The van der Waals surface area contributed by atoms with Gasteiger partial charge in [0.2, 0.25) is 10.0 Å². The second-order valence-corrected chi connectivity index (χ2v) is 6.74. The Balaban J connectivity index is 2.83. The SMILES string of the molecule is CCC(CC)C(O)CNS(=O)(=O)c1cc(C(=O)O)n(C)c1. The molecule has 8 heteroatoms. The van der Waals surface area contributed by atoms with E-state index in [4.69, 9.17) is 5.11 Å². The van der Waals surface area contributed by atoms with E-state index in [1.54, 1.807) is 0 Å². The molecule has 0 fully saturated rings. The molecule has 0 saturated heterocycles. The second-order valence-electron chi connectivity index (χ2n) is 4.97. The van der Waals surface area contributed by atoms with Crippen molar-refractivity contribution in [2.45, 2.75) is 37.7 Å². The zero-order valence-electron chi connectivity index (χ0n) is 12.4. The Hall–Kier alpha value is -1.38. The van der Waals surface area contributed by atoms with Crippen LogP contribution in [0, 0.1) is 5.92 Å². The fraction of sp³-hybridized carbons (Fsp3) is 0.615. The molecule has 1 atom stereocenters. The zero-order chi connectivity index (χ0) is 16.2. The van der Waals surface area contributed by atoms with Crippen LogP contribution in [0.15, 0.2) is 17.2 Å². The number of nitrogens with one attached hydrogen (secondary N) is 1. The molecule has 7 nitrogen and oxygen atoms in total. The summed E-state index contributed by atoms with van der Waals surface area (Å²) in [7, 11) is -2.37. The summed E-state index contributed by atoms with van der Waals surface area (Å²) in [5, 5.41) is 18.9. The number of aromatic carboxylic acids is 1. The minimum Gasteiger partial charge on any atom is -0.477 e. The molecule has 21 heavy (non-hydrogen) atoms. The van der Waals surface area contributed by atoms with Crippen molar-refractivity contribution in [3.8, 4) is 0 Å². The smallest absolute Gasteiger partial charge is 0.352 e. The summed E-state index contributed by atoms with van der Waals surface area (Å²) < 4.78 is 27.7. The molecule has 0 aliphatic carbocycles. The molecule has 3 N–H and O–H groups in total. The minimum absolute atomic E-state index is 0.0260. The van der Waals surface area contributed by atoms with Gasteiger partial charge >= 0.3 is 5.97 Å². The van der Waals surface area contributed by atoms with Gasteiger partial charge in [-0.05, 0) is 12.0 Å². The van der Waals surface area contributed by atoms with Crippen LogP contribution in [0.5, 0.6) is 0 Å². The van der Waals surface area contributed by atoms with Gasteiger partial charge in [-0.1, -0.05) is 26.7 Å². The van der Waals surface area contributed by atoms with Gasteiger partial charge in [-0.3, -0.25) is 0 Å². The van der Waals surface area contributed by atoms with Gasteiger partial charge in [-0.25, -0.2) is 17.9 Å². The predicted molar refractivity (Wildman–Crippen MR) is 77.6 cm³/mol. The highest BCUT2D eigenvalue weighted by Crippen LogP contribution is 2.15. The molecule has 0 amide bonds. The molecule has 1 aromatic heterocycles. The largest absolute Gasteiger partial charge is 0.477 e. The zero-order valence-corrected chi connectivity index (χ0v) is 13.2. The summed E-state index contributed by atoms with van der Waals surface area (Å²) in [6.45, 7) is 3.77. The van der Waals surface area contributed by atoms with Crippen LogP contribution < -0.4 is 4.72 Å². The number of aromatic nitrogens is 1. The third-order valence-electron chi connectivity index (χ3n) is 3.58. The Bertz CT molecular complexity index is 590. The fourth-order valence-electron chi connectivity index (χ4n) is 2.17. The van der Waals surface area contributed by atoms with Crippen molar-refractivity contribution in [1.29, 1.82) is 0 Å². The summed E-state index contributed by atoms with van der Waals surface area (Å²) in [5.74, 6) is -1.17. The lowest BCUT2D eigenvalue weighted by molar-refractivity contribution is 0.0686. The van der Waals surface area contributed by atoms with Crippen molar-refractivity contribution in [2.24, 2.45) is 13.0 Å².